The highest BCUT2D eigenvalue weighted by Gasteiger charge is 2.21. The zero-order chi connectivity index (χ0) is 13.0. The molecule has 0 radical (unpaired) electrons. The average Bonchev–Trinajstić information content (AvgIpc) is 2.34. The Morgan fingerprint density at radius 1 is 1.56 bits per heavy atom. The van der Waals surface area contributed by atoms with Gasteiger partial charge in [0.25, 0.3) is 0 Å². The van der Waals surface area contributed by atoms with E-state index in [0.717, 1.165) is 24.4 Å². The van der Waals surface area contributed by atoms with E-state index in [9.17, 15) is 4.79 Å². The van der Waals surface area contributed by atoms with Crippen molar-refractivity contribution < 1.29 is 9.53 Å². The molecule has 0 bridgehead atoms. The lowest BCUT2D eigenvalue weighted by Crippen LogP contribution is -2.44. The van der Waals surface area contributed by atoms with E-state index < -0.39 is 0 Å². The van der Waals surface area contributed by atoms with E-state index in [4.69, 9.17) is 4.74 Å². The molecule has 4 heteroatoms. The molecule has 0 aliphatic carbocycles. The van der Waals surface area contributed by atoms with Crippen LogP contribution in [0.25, 0.3) is 0 Å². The van der Waals surface area contributed by atoms with Crippen LogP contribution in [0.1, 0.15) is 24.9 Å². The third-order valence-electron chi connectivity index (χ3n) is 3.31. The molecule has 1 fully saturated rings. The minimum Gasteiger partial charge on any atom is -0.497 e. The molecule has 2 rings (SSSR count). The van der Waals surface area contributed by atoms with Gasteiger partial charge in [0.2, 0.25) is 5.91 Å². The summed E-state index contributed by atoms with van der Waals surface area (Å²) in [5, 5.41) is 6.19. The van der Waals surface area contributed by atoms with E-state index in [2.05, 4.69) is 10.6 Å². The van der Waals surface area contributed by atoms with Gasteiger partial charge in [-0.3, -0.25) is 4.79 Å². The molecule has 0 saturated carbocycles. The van der Waals surface area contributed by atoms with Gasteiger partial charge >= 0.3 is 0 Å². The maximum atomic E-state index is 11.8. The van der Waals surface area contributed by atoms with Crippen LogP contribution in [0.4, 0.5) is 0 Å². The molecule has 1 heterocycles. The van der Waals surface area contributed by atoms with Gasteiger partial charge in [-0.25, -0.2) is 0 Å². The summed E-state index contributed by atoms with van der Waals surface area (Å²) >= 11 is 0. The van der Waals surface area contributed by atoms with Gasteiger partial charge in [-0.15, -0.1) is 0 Å². The van der Waals surface area contributed by atoms with Crippen molar-refractivity contribution in [3.8, 4) is 5.75 Å². The minimum absolute atomic E-state index is 0.0145. The minimum atomic E-state index is 0.0145. The number of methoxy groups -OCH3 is 1. The van der Waals surface area contributed by atoms with Gasteiger partial charge in [0, 0.05) is 6.42 Å². The summed E-state index contributed by atoms with van der Waals surface area (Å²) in [4.78, 5) is 11.8. The number of hydrogen-bond donors (Lipinski definition) is 2. The Balaban J connectivity index is 1.89. The summed E-state index contributed by atoms with van der Waals surface area (Å²) in [5.41, 5.74) is 1.06. The SMILES string of the molecule is COc1cccc([C@H](C)NC(=O)CC2CNC2)c1. The van der Waals surface area contributed by atoms with Crippen molar-refractivity contribution in [3.63, 3.8) is 0 Å². The second-order valence-electron chi connectivity index (χ2n) is 4.79. The molecule has 1 aliphatic rings. The summed E-state index contributed by atoms with van der Waals surface area (Å²) in [6.07, 6.45) is 0.612. The van der Waals surface area contributed by atoms with Gasteiger partial charge in [-0.05, 0) is 43.6 Å². The van der Waals surface area contributed by atoms with Gasteiger partial charge < -0.3 is 15.4 Å². The molecule has 18 heavy (non-hydrogen) atoms. The predicted molar refractivity (Wildman–Crippen MR) is 70.5 cm³/mol. The van der Waals surface area contributed by atoms with E-state index in [1.807, 2.05) is 31.2 Å². The molecular formula is C14H20N2O2. The largest absolute Gasteiger partial charge is 0.497 e. The molecular weight excluding hydrogens is 228 g/mol. The number of carbonyl (C=O) groups excluding carboxylic acids is 1. The lowest BCUT2D eigenvalue weighted by atomic mass is 9.98. The van der Waals surface area contributed by atoms with Crippen LogP contribution >= 0.6 is 0 Å². The van der Waals surface area contributed by atoms with E-state index in [-0.39, 0.29) is 11.9 Å². The van der Waals surface area contributed by atoms with Crippen LogP contribution in [0.2, 0.25) is 0 Å². The predicted octanol–water partition coefficient (Wildman–Crippen LogP) is 1.48. The molecule has 1 atom stereocenters. The fourth-order valence-electron chi connectivity index (χ4n) is 2.05. The molecule has 1 aromatic carbocycles. The van der Waals surface area contributed by atoms with Crippen molar-refractivity contribution in [2.45, 2.75) is 19.4 Å². The molecule has 2 N–H and O–H groups in total. The molecule has 1 aromatic rings. The van der Waals surface area contributed by atoms with Gasteiger partial charge in [0.1, 0.15) is 5.75 Å². The Hall–Kier alpha value is -1.55. The summed E-state index contributed by atoms with van der Waals surface area (Å²) in [5.74, 6) is 1.44. The highest BCUT2D eigenvalue weighted by atomic mass is 16.5. The first kappa shape index (κ1) is 12.9. The first-order chi connectivity index (χ1) is 8.69. The van der Waals surface area contributed by atoms with E-state index in [1.54, 1.807) is 7.11 Å². The molecule has 1 saturated heterocycles. The lowest BCUT2D eigenvalue weighted by molar-refractivity contribution is -0.123. The molecule has 0 spiro atoms. The number of carbonyl (C=O) groups is 1. The third-order valence-corrected chi connectivity index (χ3v) is 3.31. The number of ether oxygens (including phenoxy) is 1. The van der Waals surface area contributed by atoms with Gasteiger partial charge in [-0.1, -0.05) is 12.1 Å². The van der Waals surface area contributed by atoms with Crippen molar-refractivity contribution in [1.82, 2.24) is 10.6 Å². The first-order valence-corrected chi connectivity index (χ1v) is 6.33. The molecule has 4 nitrogen and oxygen atoms in total. The topological polar surface area (TPSA) is 50.4 Å². The quantitative estimate of drug-likeness (QED) is 0.830. The monoisotopic (exact) mass is 248 g/mol. The number of benzene rings is 1. The van der Waals surface area contributed by atoms with Crippen molar-refractivity contribution in [2.75, 3.05) is 20.2 Å². The maximum absolute atomic E-state index is 11.8. The summed E-state index contributed by atoms with van der Waals surface area (Å²) < 4.78 is 5.18. The Morgan fingerprint density at radius 3 is 2.94 bits per heavy atom. The van der Waals surface area contributed by atoms with Gasteiger partial charge in [-0.2, -0.15) is 0 Å². The Bertz CT molecular complexity index is 416. The Kier molecular flexibility index (Phi) is 4.20. The fraction of sp³-hybridized carbons (Fsp3) is 0.500. The second kappa shape index (κ2) is 5.87. The molecule has 1 aliphatic heterocycles. The standard InChI is InChI=1S/C14H20N2O2/c1-10(12-4-3-5-13(7-12)18-2)16-14(17)6-11-8-15-9-11/h3-5,7,10-11,15H,6,8-9H2,1-2H3,(H,16,17)/t10-/m0/s1. The van der Waals surface area contributed by atoms with Crippen LogP contribution < -0.4 is 15.4 Å². The average molecular weight is 248 g/mol. The van der Waals surface area contributed by atoms with Crippen LogP contribution in [-0.4, -0.2) is 26.1 Å². The van der Waals surface area contributed by atoms with Crippen LogP contribution in [-0.2, 0) is 4.79 Å². The fourth-order valence-corrected chi connectivity index (χ4v) is 2.05. The van der Waals surface area contributed by atoms with E-state index in [0.29, 0.717) is 12.3 Å². The van der Waals surface area contributed by atoms with Crippen LogP contribution in [0.15, 0.2) is 24.3 Å². The normalized spacial score (nSPS) is 16.8. The van der Waals surface area contributed by atoms with Gasteiger partial charge in [0.05, 0.1) is 13.2 Å². The van der Waals surface area contributed by atoms with Crippen molar-refractivity contribution >= 4 is 5.91 Å². The van der Waals surface area contributed by atoms with Crippen LogP contribution in [0.5, 0.6) is 5.75 Å². The number of hydrogen-bond acceptors (Lipinski definition) is 3. The Labute approximate surface area is 108 Å². The summed E-state index contributed by atoms with van der Waals surface area (Å²) in [7, 11) is 1.64. The zero-order valence-electron chi connectivity index (χ0n) is 10.9. The maximum Gasteiger partial charge on any atom is 0.220 e. The number of rotatable bonds is 5. The number of nitrogens with one attached hydrogen (secondary N) is 2. The molecule has 98 valence electrons. The van der Waals surface area contributed by atoms with Crippen LogP contribution in [0, 0.1) is 5.92 Å². The first-order valence-electron chi connectivity index (χ1n) is 6.33. The van der Waals surface area contributed by atoms with Gasteiger partial charge in [0.15, 0.2) is 0 Å². The van der Waals surface area contributed by atoms with Crippen molar-refractivity contribution in [3.05, 3.63) is 29.8 Å². The van der Waals surface area contributed by atoms with Crippen LogP contribution in [0.3, 0.4) is 0 Å². The van der Waals surface area contributed by atoms with E-state index in [1.165, 1.54) is 0 Å². The van der Waals surface area contributed by atoms with Crippen molar-refractivity contribution in [2.24, 2.45) is 5.92 Å². The lowest BCUT2D eigenvalue weighted by Gasteiger charge is -2.27. The smallest absolute Gasteiger partial charge is 0.220 e. The molecule has 0 aromatic heterocycles. The number of amides is 1. The third kappa shape index (κ3) is 3.23. The molecule has 1 amide bonds. The molecule has 0 unspecified atom stereocenters. The van der Waals surface area contributed by atoms with Crippen molar-refractivity contribution in [1.29, 1.82) is 0 Å². The zero-order valence-corrected chi connectivity index (χ0v) is 10.9. The van der Waals surface area contributed by atoms with E-state index >= 15 is 0 Å². The second-order valence-corrected chi connectivity index (χ2v) is 4.79. The highest BCUT2D eigenvalue weighted by molar-refractivity contribution is 5.76. The Morgan fingerprint density at radius 2 is 2.33 bits per heavy atom. The summed E-state index contributed by atoms with van der Waals surface area (Å²) in [6.45, 7) is 3.91. The highest BCUT2D eigenvalue weighted by Crippen LogP contribution is 2.19. The summed E-state index contributed by atoms with van der Waals surface area (Å²) in [6, 6.07) is 7.81.